The first-order chi connectivity index (χ1) is 13.2. The molecule has 0 aromatic heterocycles. The van der Waals surface area contributed by atoms with Crippen LogP contribution in [0.1, 0.15) is 35.6 Å². The Hall–Kier alpha value is -2.31. The third-order valence-electron chi connectivity index (χ3n) is 4.23. The minimum atomic E-state index is -2.92. The van der Waals surface area contributed by atoms with E-state index in [9.17, 15) is 18.7 Å². The molecule has 2 rings (SSSR count). The molecule has 8 heteroatoms. The van der Waals surface area contributed by atoms with Crippen LogP contribution in [0.4, 0.5) is 8.78 Å². The summed E-state index contributed by atoms with van der Waals surface area (Å²) in [5, 5.41) is 9.53. The van der Waals surface area contributed by atoms with Gasteiger partial charge in [0.2, 0.25) is 0 Å². The molecule has 2 aromatic rings. The molecule has 0 fully saturated rings. The van der Waals surface area contributed by atoms with Gasteiger partial charge in [0.1, 0.15) is 29.5 Å². The van der Waals surface area contributed by atoms with E-state index in [4.69, 9.17) is 28.0 Å². The first-order valence-corrected chi connectivity index (χ1v) is 8.90. The second kappa shape index (κ2) is 9.26. The molecule has 0 saturated carbocycles. The van der Waals surface area contributed by atoms with Crippen molar-refractivity contribution in [1.29, 1.82) is 0 Å². The summed E-state index contributed by atoms with van der Waals surface area (Å²) in [7, 11) is 0. The third kappa shape index (κ3) is 5.59. The number of hydrogen-bond donors (Lipinski definition) is 1. The number of aryl methyl sites for hydroxylation is 2. The van der Waals surface area contributed by atoms with E-state index < -0.39 is 11.9 Å². The highest BCUT2D eigenvalue weighted by atomic mass is 35.5. The Kier molecular flexibility index (Phi) is 7.27. The van der Waals surface area contributed by atoms with E-state index in [2.05, 4.69) is 4.29 Å². The zero-order chi connectivity index (χ0) is 20.9. The SMILES string of the molecule is Cc1cc(OCl)cc(OCl)c1/C=C(\CCc1ccc(C(C)(F)F)cc1)C(=O)O. The molecule has 0 saturated heterocycles. The van der Waals surface area contributed by atoms with E-state index >= 15 is 0 Å². The topological polar surface area (TPSA) is 55.8 Å². The van der Waals surface area contributed by atoms with Gasteiger partial charge in [-0.2, -0.15) is 0 Å². The van der Waals surface area contributed by atoms with Crippen LogP contribution in [-0.4, -0.2) is 11.1 Å². The Morgan fingerprint density at radius 1 is 1.18 bits per heavy atom. The van der Waals surface area contributed by atoms with Crippen molar-refractivity contribution in [3.8, 4) is 11.5 Å². The number of carboxylic acid groups (broad SMARTS) is 1. The molecule has 0 aliphatic carbocycles. The minimum Gasteiger partial charge on any atom is -0.478 e. The highest BCUT2D eigenvalue weighted by molar-refractivity contribution is 6.10. The molecule has 0 atom stereocenters. The predicted octanol–water partition coefficient (Wildman–Crippen LogP) is 6.27. The Labute approximate surface area is 171 Å². The second-order valence-electron chi connectivity index (χ2n) is 6.37. The van der Waals surface area contributed by atoms with Gasteiger partial charge in [0.25, 0.3) is 5.92 Å². The van der Waals surface area contributed by atoms with Crippen LogP contribution in [-0.2, 0) is 17.1 Å². The fourth-order valence-corrected chi connectivity index (χ4v) is 2.90. The molecule has 0 unspecified atom stereocenters. The van der Waals surface area contributed by atoms with Crippen LogP contribution in [0.3, 0.4) is 0 Å². The lowest BCUT2D eigenvalue weighted by atomic mass is 9.98. The van der Waals surface area contributed by atoms with E-state index in [-0.39, 0.29) is 23.3 Å². The maximum Gasteiger partial charge on any atom is 0.331 e. The first kappa shape index (κ1) is 22.0. The minimum absolute atomic E-state index is 0.0913. The van der Waals surface area contributed by atoms with Crippen molar-refractivity contribution >= 4 is 35.8 Å². The van der Waals surface area contributed by atoms with Gasteiger partial charge in [-0.3, -0.25) is 0 Å². The normalized spacial score (nSPS) is 12.0. The zero-order valence-corrected chi connectivity index (χ0v) is 16.7. The van der Waals surface area contributed by atoms with E-state index in [0.717, 1.165) is 12.5 Å². The number of aliphatic carboxylic acids is 1. The molecular weight excluding hydrogens is 413 g/mol. The van der Waals surface area contributed by atoms with Gasteiger partial charge in [-0.1, -0.05) is 24.3 Å². The summed E-state index contributed by atoms with van der Waals surface area (Å²) in [5.41, 5.74) is 1.90. The molecule has 0 bridgehead atoms. The van der Waals surface area contributed by atoms with Crippen molar-refractivity contribution in [2.75, 3.05) is 0 Å². The van der Waals surface area contributed by atoms with Crippen molar-refractivity contribution in [1.82, 2.24) is 0 Å². The van der Waals surface area contributed by atoms with E-state index in [0.29, 0.717) is 23.3 Å². The quantitative estimate of drug-likeness (QED) is 0.501. The van der Waals surface area contributed by atoms with E-state index in [1.807, 2.05) is 0 Å². The van der Waals surface area contributed by atoms with Gasteiger partial charge < -0.3 is 13.7 Å². The van der Waals surface area contributed by atoms with Crippen LogP contribution in [0.25, 0.3) is 6.08 Å². The number of benzene rings is 2. The van der Waals surface area contributed by atoms with Gasteiger partial charge >= 0.3 is 5.97 Å². The fourth-order valence-electron chi connectivity index (χ4n) is 2.69. The van der Waals surface area contributed by atoms with Crippen molar-refractivity contribution in [3.63, 3.8) is 0 Å². The number of carboxylic acids is 1. The largest absolute Gasteiger partial charge is 0.478 e. The van der Waals surface area contributed by atoms with Gasteiger partial charge in [0.15, 0.2) is 5.75 Å². The average Bonchev–Trinajstić information content (AvgIpc) is 2.65. The lowest BCUT2D eigenvalue weighted by molar-refractivity contribution is -0.132. The van der Waals surface area contributed by atoms with E-state index in [1.165, 1.54) is 24.3 Å². The highest BCUT2D eigenvalue weighted by Gasteiger charge is 2.23. The molecule has 0 radical (unpaired) electrons. The summed E-state index contributed by atoms with van der Waals surface area (Å²) in [4.78, 5) is 11.7. The van der Waals surface area contributed by atoms with Crippen molar-refractivity contribution < 1.29 is 27.3 Å². The Morgan fingerprint density at radius 3 is 2.32 bits per heavy atom. The monoisotopic (exact) mass is 430 g/mol. The molecule has 1 N–H and O–H groups in total. The lowest BCUT2D eigenvalue weighted by Crippen LogP contribution is -2.07. The number of alkyl halides is 2. The lowest BCUT2D eigenvalue weighted by Gasteiger charge is -2.12. The maximum absolute atomic E-state index is 13.3. The van der Waals surface area contributed by atoms with Crippen molar-refractivity contribution in [2.24, 2.45) is 0 Å². The molecule has 28 heavy (non-hydrogen) atoms. The molecule has 0 aliphatic heterocycles. The summed E-state index contributed by atoms with van der Waals surface area (Å²) >= 11 is 10.8. The zero-order valence-electron chi connectivity index (χ0n) is 15.1. The predicted molar refractivity (Wildman–Crippen MR) is 104 cm³/mol. The molecule has 2 aromatic carbocycles. The molecule has 0 heterocycles. The van der Waals surface area contributed by atoms with E-state index in [1.54, 1.807) is 25.1 Å². The van der Waals surface area contributed by atoms with Crippen LogP contribution in [0.15, 0.2) is 42.0 Å². The second-order valence-corrected chi connectivity index (χ2v) is 6.67. The first-order valence-electron chi connectivity index (χ1n) is 8.28. The number of carbonyl (C=O) groups is 1. The smallest absolute Gasteiger partial charge is 0.331 e. The fraction of sp³-hybridized carbons (Fsp3) is 0.250. The van der Waals surface area contributed by atoms with Crippen molar-refractivity contribution in [3.05, 3.63) is 64.2 Å². The molecule has 150 valence electrons. The van der Waals surface area contributed by atoms with Crippen LogP contribution < -0.4 is 8.58 Å². The summed E-state index contributed by atoms with van der Waals surface area (Å²) in [6.07, 6.45) is 2.01. The summed E-state index contributed by atoms with van der Waals surface area (Å²) < 4.78 is 36.0. The van der Waals surface area contributed by atoms with Gasteiger partial charge in [0, 0.05) is 29.7 Å². The average molecular weight is 431 g/mol. The number of rotatable bonds is 8. The summed E-state index contributed by atoms with van der Waals surface area (Å²) in [6.45, 7) is 2.56. The van der Waals surface area contributed by atoms with Gasteiger partial charge in [-0.05, 0) is 43.0 Å². The highest BCUT2D eigenvalue weighted by Crippen LogP contribution is 2.32. The number of hydrogen-bond acceptors (Lipinski definition) is 3. The van der Waals surface area contributed by atoms with Crippen LogP contribution >= 0.6 is 23.7 Å². The van der Waals surface area contributed by atoms with Gasteiger partial charge in [-0.25, -0.2) is 13.6 Å². The van der Waals surface area contributed by atoms with Crippen molar-refractivity contribution in [2.45, 2.75) is 32.6 Å². The molecular formula is C20H18Cl2F2O4. The molecule has 0 aliphatic rings. The van der Waals surface area contributed by atoms with Crippen LogP contribution in [0.5, 0.6) is 11.5 Å². The van der Waals surface area contributed by atoms with Crippen LogP contribution in [0, 0.1) is 6.92 Å². The third-order valence-corrected chi connectivity index (χ3v) is 4.58. The van der Waals surface area contributed by atoms with Crippen LogP contribution in [0.2, 0.25) is 0 Å². The summed E-state index contributed by atoms with van der Waals surface area (Å²) in [6, 6.07) is 8.86. The maximum atomic E-state index is 13.3. The Bertz CT molecular complexity index is 875. The van der Waals surface area contributed by atoms with Gasteiger partial charge in [-0.15, -0.1) is 0 Å². The standard InChI is InChI=1S/C20H18Cl2F2O4/c1-12-9-16(27-21)11-18(28-22)17(12)10-14(19(25)26)6-3-13-4-7-15(8-5-13)20(2,23)24/h4-5,7-11H,3,6H2,1-2H3,(H,25,26)/b14-10+. The molecule has 4 nitrogen and oxygen atoms in total. The summed E-state index contributed by atoms with van der Waals surface area (Å²) in [5.74, 6) is -3.52. The Balaban J connectivity index is 2.26. The molecule has 0 spiro atoms. The Morgan fingerprint density at radius 2 is 1.82 bits per heavy atom. The van der Waals surface area contributed by atoms with Gasteiger partial charge in [0.05, 0.1) is 0 Å². The number of halogens is 4. The molecule has 0 amide bonds.